The number of hydrogen-bond donors (Lipinski definition) is 3. The van der Waals surface area contributed by atoms with Crippen LogP contribution in [0, 0.1) is 5.92 Å². The van der Waals surface area contributed by atoms with Crippen molar-refractivity contribution in [3.63, 3.8) is 0 Å². The third kappa shape index (κ3) is 7.77. The number of alkyl halides is 2. The molecule has 9 rings (SSSR count). The van der Waals surface area contributed by atoms with Gasteiger partial charge in [-0.3, -0.25) is 38.6 Å². The van der Waals surface area contributed by atoms with Crippen molar-refractivity contribution >= 4 is 67.9 Å². The number of nitrogens with zero attached hydrogens (tertiary/aromatic N) is 7. The van der Waals surface area contributed by atoms with Gasteiger partial charge in [0.1, 0.15) is 6.04 Å². The summed E-state index contributed by atoms with van der Waals surface area (Å²) in [5.74, 6) is -1.63. The minimum atomic E-state index is -2.86. The predicted octanol–water partition coefficient (Wildman–Crippen LogP) is 5.64. The van der Waals surface area contributed by atoms with Crippen LogP contribution in [-0.2, 0) is 14.3 Å². The highest BCUT2D eigenvalue weighted by atomic mass is 32.1. The molecule has 4 fully saturated rings. The van der Waals surface area contributed by atoms with E-state index in [0.29, 0.717) is 49.6 Å². The zero-order valence-corrected chi connectivity index (χ0v) is 34.1. The van der Waals surface area contributed by atoms with Gasteiger partial charge in [0.05, 0.1) is 40.8 Å². The Hall–Kier alpha value is -5.27. The Morgan fingerprint density at radius 1 is 0.983 bits per heavy atom. The molecule has 0 radical (unpaired) electrons. The lowest BCUT2D eigenvalue weighted by Crippen LogP contribution is -2.54. The summed E-state index contributed by atoms with van der Waals surface area (Å²) in [5.41, 5.74) is 1.14. The minimum absolute atomic E-state index is 0.00151. The number of carbonyl (C=O) groups is 5. The average molecular weight is 847 g/mol. The first-order valence-corrected chi connectivity index (χ1v) is 21.6. The molecule has 1 aromatic carbocycles. The Labute approximate surface area is 348 Å². The van der Waals surface area contributed by atoms with Crippen molar-refractivity contribution in [1.82, 2.24) is 34.4 Å². The molecule has 4 aromatic rings. The molecule has 2 saturated carbocycles. The first kappa shape index (κ1) is 40.2. The number of rotatable bonds is 10. The molecule has 16 nitrogen and oxygen atoms in total. The minimum Gasteiger partial charge on any atom is -0.382 e. The second kappa shape index (κ2) is 16.6. The molecule has 3 aliphatic heterocycles. The fourth-order valence-electron chi connectivity index (χ4n) is 9.55. The third-order valence-corrected chi connectivity index (χ3v) is 13.9. The monoisotopic (exact) mass is 846 g/mol. The molecule has 3 N–H and O–H groups in total. The Bertz CT molecular complexity index is 2310. The normalized spacial score (nSPS) is 25.1. The van der Waals surface area contributed by atoms with Crippen molar-refractivity contribution in [2.24, 2.45) is 5.92 Å². The van der Waals surface area contributed by atoms with E-state index in [0.717, 1.165) is 72.6 Å². The van der Waals surface area contributed by atoms with Gasteiger partial charge in [0.15, 0.2) is 16.5 Å². The van der Waals surface area contributed by atoms with Crippen LogP contribution in [0.15, 0.2) is 36.7 Å². The summed E-state index contributed by atoms with van der Waals surface area (Å²) in [7, 11) is 2.16. The Kier molecular flexibility index (Phi) is 11.1. The molecule has 318 valence electrons. The molecule has 3 aromatic heterocycles. The van der Waals surface area contributed by atoms with Crippen LogP contribution in [0.4, 0.5) is 30.1 Å². The first-order valence-electron chi connectivity index (χ1n) is 20.8. The summed E-state index contributed by atoms with van der Waals surface area (Å²) in [5, 5.41) is 13.5. The molecular formula is C41H48F2N10O6S. The number of hydrogen-bond acceptors (Lipinski definition) is 12. The number of ether oxygens (including phenoxy) is 1. The molecule has 6 heterocycles. The van der Waals surface area contributed by atoms with Gasteiger partial charge in [-0.2, -0.15) is 5.10 Å². The van der Waals surface area contributed by atoms with Crippen molar-refractivity contribution in [2.45, 2.75) is 94.8 Å². The van der Waals surface area contributed by atoms with Crippen LogP contribution in [-0.4, -0.2) is 117 Å². The van der Waals surface area contributed by atoms with E-state index in [9.17, 15) is 32.8 Å². The lowest BCUT2D eigenvalue weighted by Gasteiger charge is -2.38. The number of fused-ring (bicyclic) bond motifs is 2. The number of aromatic nitrogens is 4. The van der Waals surface area contributed by atoms with E-state index >= 15 is 0 Å². The summed E-state index contributed by atoms with van der Waals surface area (Å²) < 4.78 is 37.7. The summed E-state index contributed by atoms with van der Waals surface area (Å²) in [6.07, 6.45) is 7.56. The highest BCUT2D eigenvalue weighted by Crippen LogP contribution is 2.38. The Balaban J connectivity index is 0.762. The van der Waals surface area contributed by atoms with E-state index in [1.54, 1.807) is 35.1 Å². The molecule has 5 amide bonds. The van der Waals surface area contributed by atoms with Crippen LogP contribution < -0.4 is 20.9 Å². The van der Waals surface area contributed by atoms with Gasteiger partial charge in [0.2, 0.25) is 11.8 Å². The van der Waals surface area contributed by atoms with Crippen LogP contribution in [0.2, 0.25) is 0 Å². The molecule has 0 bridgehead atoms. The highest BCUT2D eigenvalue weighted by Gasteiger charge is 2.46. The van der Waals surface area contributed by atoms with Gasteiger partial charge in [-0.05, 0) is 89.0 Å². The van der Waals surface area contributed by atoms with Crippen LogP contribution in [0.25, 0.3) is 10.3 Å². The maximum absolute atomic E-state index is 14.2. The fourth-order valence-corrected chi connectivity index (χ4v) is 10.6. The molecular weight excluding hydrogens is 799 g/mol. The van der Waals surface area contributed by atoms with Crippen molar-refractivity contribution in [1.29, 1.82) is 0 Å². The number of anilines is 3. The summed E-state index contributed by atoms with van der Waals surface area (Å²) >= 11 is 1.48. The van der Waals surface area contributed by atoms with Crippen molar-refractivity contribution in [3.05, 3.63) is 53.5 Å². The van der Waals surface area contributed by atoms with E-state index < -0.39 is 47.8 Å². The highest BCUT2D eigenvalue weighted by molar-refractivity contribution is 7.22. The Morgan fingerprint density at radius 3 is 2.48 bits per heavy atom. The van der Waals surface area contributed by atoms with E-state index in [2.05, 4.69) is 42.9 Å². The molecule has 60 heavy (non-hydrogen) atoms. The van der Waals surface area contributed by atoms with Gasteiger partial charge < -0.3 is 25.2 Å². The van der Waals surface area contributed by atoms with Gasteiger partial charge in [0, 0.05) is 56.2 Å². The molecule has 1 unspecified atom stereocenters. The second-order valence-corrected chi connectivity index (χ2v) is 17.6. The van der Waals surface area contributed by atoms with Crippen LogP contribution in [0.1, 0.15) is 103 Å². The molecule has 1 atom stereocenters. The number of halogens is 2. The SMILES string of the molecule is CN(CC1CCC(n2cc(NC(=O)n3ccc4sc(N5CCOCC5)nc43)c(C(F)F)n2)CC1)C1CCC(Nc2cccc3c2C(=O)N(C2CCC(=O)NC2=O)C3=O)CC1. The topological polar surface area (TPSA) is 176 Å². The number of amides is 5. The molecule has 2 aliphatic carbocycles. The third-order valence-electron chi connectivity index (χ3n) is 12.8. The van der Waals surface area contributed by atoms with Crippen LogP contribution in [0.5, 0.6) is 0 Å². The summed E-state index contributed by atoms with van der Waals surface area (Å²) in [4.78, 5) is 74.7. The number of imide groups is 2. The van der Waals surface area contributed by atoms with Crippen molar-refractivity contribution in [2.75, 3.05) is 55.4 Å². The first-order chi connectivity index (χ1) is 29.0. The standard InChI is InChI=1S/C41H48F2N10O6S/c1-49(25-11-7-24(8-12-25)44-28-4-2-3-27-33(28)39(57)53(38(27)56)30-13-14-32(54)46-37(30)55)21-23-5-9-26(10-6-23)52-22-29(34(48-52)35(42)43)45-40(58)51-16-15-31-36(51)47-41(60-31)50-17-19-59-20-18-50/h2-4,15-16,22-26,30,35,44H,5-14,17-21H2,1H3,(H,45,58)(H,46,54,55). The van der Waals surface area contributed by atoms with E-state index in [-0.39, 0.29) is 41.7 Å². The molecule has 19 heteroatoms. The maximum atomic E-state index is 14.2. The lowest BCUT2D eigenvalue weighted by molar-refractivity contribution is -0.136. The van der Waals surface area contributed by atoms with Gasteiger partial charge in [-0.1, -0.05) is 17.4 Å². The van der Waals surface area contributed by atoms with Gasteiger partial charge in [0.25, 0.3) is 18.2 Å². The number of benzene rings is 1. The number of carbonyl (C=O) groups excluding carboxylic acids is 5. The number of morpholine rings is 1. The fraction of sp³-hybridized carbons (Fsp3) is 0.537. The van der Waals surface area contributed by atoms with E-state index in [1.165, 1.54) is 22.1 Å². The number of thiazole rings is 1. The quantitative estimate of drug-likeness (QED) is 0.169. The van der Waals surface area contributed by atoms with Crippen molar-refractivity contribution in [3.8, 4) is 0 Å². The zero-order chi connectivity index (χ0) is 41.7. The average Bonchev–Trinajstić information content (AvgIpc) is 4.02. The number of nitrogens with one attached hydrogen (secondary N) is 3. The summed E-state index contributed by atoms with van der Waals surface area (Å²) in [6.45, 7) is 3.57. The van der Waals surface area contributed by atoms with Crippen LogP contribution in [0.3, 0.4) is 0 Å². The number of piperidine rings is 1. The van der Waals surface area contributed by atoms with Gasteiger partial charge >= 0.3 is 6.03 Å². The van der Waals surface area contributed by atoms with Gasteiger partial charge in [-0.15, -0.1) is 0 Å². The molecule has 0 spiro atoms. The maximum Gasteiger partial charge on any atom is 0.331 e. The predicted molar refractivity (Wildman–Crippen MR) is 219 cm³/mol. The van der Waals surface area contributed by atoms with Crippen molar-refractivity contribution < 1.29 is 37.5 Å². The second-order valence-electron chi connectivity index (χ2n) is 16.5. The van der Waals surface area contributed by atoms with Gasteiger partial charge in [-0.25, -0.2) is 18.6 Å². The van der Waals surface area contributed by atoms with E-state index in [4.69, 9.17) is 4.74 Å². The smallest absolute Gasteiger partial charge is 0.331 e. The van der Waals surface area contributed by atoms with E-state index in [1.807, 2.05) is 0 Å². The zero-order valence-electron chi connectivity index (χ0n) is 33.3. The Morgan fingerprint density at radius 2 is 1.75 bits per heavy atom. The summed E-state index contributed by atoms with van der Waals surface area (Å²) in [6, 6.07) is 5.80. The molecule has 5 aliphatic rings. The molecule has 2 saturated heterocycles. The largest absolute Gasteiger partial charge is 0.382 e. The lowest BCUT2D eigenvalue weighted by atomic mass is 9.84. The van der Waals surface area contributed by atoms with Crippen LogP contribution >= 0.6 is 11.3 Å².